The first-order valence-corrected chi connectivity index (χ1v) is 10.6. The third-order valence-corrected chi connectivity index (χ3v) is 5.79. The van der Waals surface area contributed by atoms with Crippen molar-refractivity contribution in [3.05, 3.63) is 76.4 Å². The first kappa shape index (κ1) is 19.6. The monoisotopic (exact) mass is 461 g/mol. The molecule has 1 aliphatic carbocycles. The summed E-state index contributed by atoms with van der Waals surface area (Å²) in [6.07, 6.45) is 4.08. The Bertz CT molecular complexity index is 1370. The smallest absolute Gasteiger partial charge is 0.324 e. The molecule has 0 radical (unpaired) electrons. The lowest BCUT2D eigenvalue weighted by atomic mass is 10.1. The van der Waals surface area contributed by atoms with Gasteiger partial charge in [-0.25, -0.2) is 14.8 Å². The fraction of sp³-hybridized carbons (Fsp3) is 0.130. The Labute approximate surface area is 192 Å². The number of fused-ring (bicyclic) bond motifs is 4. The van der Waals surface area contributed by atoms with Gasteiger partial charge in [0.2, 0.25) is 5.91 Å². The average Bonchev–Trinajstić information content (AvgIpc) is 3.30. The molecule has 1 unspecified atom stereocenters. The molecule has 0 spiro atoms. The van der Waals surface area contributed by atoms with Gasteiger partial charge in [0.25, 0.3) is 0 Å². The number of allylic oxidation sites excluding steroid dienone is 2. The number of aromatic nitrogens is 2. The number of nitrogens with zero attached hydrogens (tertiary/aromatic N) is 2. The van der Waals surface area contributed by atoms with Crippen LogP contribution < -0.4 is 25.4 Å². The average molecular weight is 462 g/mol. The highest BCUT2D eigenvalue weighted by molar-refractivity contribution is 6.30. The molecule has 0 fully saturated rings. The van der Waals surface area contributed by atoms with E-state index in [2.05, 4.69) is 25.9 Å². The fourth-order valence-electron chi connectivity index (χ4n) is 4.00. The number of halogens is 1. The minimum Gasteiger partial charge on any atom is -0.458 e. The van der Waals surface area contributed by atoms with Crippen LogP contribution in [0, 0.1) is 0 Å². The van der Waals surface area contributed by atoms with Crippen LogP contribution in [-0.4, -0.2) is 21.9 Å². The topological polar surface area (TPSA) is 114 Å². The number of rotatable bonds is 4. The molecular weight excluding hydrogens is 446 g/mol. The van der Waals surface area contributed by atoms with Gasteiger partial charge in [0, 0.05) is 35.0 Å². The second-order valence-corrected chi connectivity index (χ2v) is 8.17. The maximum absolute atomic E-state index is 12.3. The van der Waals surface area contributed by atoms with Gasteiger partial charge in [-0.15, -0.1) is 0 Å². The van der Waals surface area contributed by atoms with Gasteiger partial charge < -0.3 is 20.1 Å². The molecule has 2 aliphatic heterocycles. The molecule has 10 heteroatoms. The summed E-state index contributed by atoms with van der Waals surface area (Å²) in [7, 11) is 0. The minimum absolute atomic E-state index is 0.0515. The van der Waals surface area contributed by atoms with E-state index in [4.69, 9.17) is 21.1 Å². The summed E-state index contributed by atoms with van der Waals surface area (Å²) in [5.41, 5.74) is 2.48. The molecule has 3 aliphatic rings. The Morgan fingerprint density at radius 3 is 2.88 bits per heavy atom. The standard InChI is InChI=1S/C23H16ClN5O4/c24-11-5-7-25-17(9-11)27-23(31)29-20-19-14-10-12(1-3-15(14)33-21(19)20)32-16-6-8-26-22-13(16)2-4-18(30)28-22/h1,3,5-10,19H,2,4H2,(H,26,28,30)(H2,25,27,29,31). The Morgan fingerprint density at radius 2 is 2.00 bits per heavy atom. The lowest BCUT2D eigenvalue weighted by molar-refractivity contribution is -0.116. The predicted octanol–water partition coefficient (Wildman–Crippen LogP) is 4.33. The third-order valence-electron chi connectivity index (χ3n) is 5.56. The highest BCUT2D eigenvalue weighted by atomic mass is 35.5. The van der Waals surface area contributed by atoms with Crippen LogP contribution in [-0.2, 0) is 11.2 Å². The normalized spacial score (nSPS) is 17.2. The van der Waals surface area contributed by atoms with Crippen molar-refractivity contribution in [2.45, 2.75) is 18.8 Å². The van der Waals surface area contributed by atoms with Crippen molar-refractivity contribution in [2.75, 3.05) is 10.6 Å². The number of hydrogen-bond donors (Lipinski definition) is 3. The molecule has 1 aromatic carbocycles. The van der Waals surface area contributed by atoms with Crippen molar-refractivity contribution < 1.29 is 19.1 Å². The molecule has 3 aromatic rings. The van der Waals surface area contributed by atoms with Crippen LogP contribution in [0.3, 0.4) is 0 Å². The first-order valence-electron chi connectivity index (χ1n) is 10.3. The van der Waals surface area contributed by atoms with Gasteiger partial charge in [-0.1, -0.05) is 11.6 Å². The van der Waals surface area contributed by atoms with E-state index < -0.39 is 6.03 Å². The number of carbonyl (C=O) groups is 2. The number of carbonyl (C=O) groups excluding carboxylic acids is 2. The Balaban J connectivity index is 1.16. The highest BCUT2D eigenvalue weighted by Gasteiger charge is 2.49. The first-order chi connectivity index (χ1) is 16.0. The van der Waals surface area contributed by atoms with Crippen molar-refractivity contribution >= 4 is 35.2 Å². The molecule has 164 valence electrons. The Kier molecular flexibility index (Phi) is 4.44. The molecule has 4 heterocycles. The third kappa shape index (κ3) is 3.62. The van der Waals surface area contributed by atoms with E-state index in [1.54, 1.807) is 24.4 Å². The molecule has 33 heavy (non-hydrogen) atoms. The van der Waals surface area contributed by atoms with E-state index in [1.165, 1.54) is 6.20 Å². The van der Waals surface area contributed by atoms with E-state index in [0.29, 0.717) is 52.5 Å². The molecule has 1 atom stereocenters. The van der Waals surface area contributed by atoms with Crippen LogP contribution in [0.15, 0.2) is 60.2 Å². The van der Waals surface area contributed by atoms with Gasteiger partial charge in [0.05, 0.1) is 11.6 Å². The second kappa shape index (κ2) is 7.49. The van der Waals surface area contributed by atoms with Gasteiger partial charge in [-0.05, 0) is 42.8 Å². The fourth-order valence-corrected chi connectivity index (χ4v) is 4.16. The molecule has 6 rings (SSSR count). The molecular formula is C23H16ClN5O4. The largest absolute Gasteiger partial charge is 0.458 e. The number of urea groups is 1. The summed E-state index contributed by atoms with van der Waals surface area (Å²) in [6.45, 7) is 0. The molecule has 3 N–H and O–H groups in total. The van der Waals surface area contributed by atoms with Crippen molar-refractivity contribution in [3.63, 3.8) is 0 Å². The maximum atomic E-state index is 12.3. The summed E-state index contributed by atoms with van der Waals surface area (Å²) in [5.74, 6) is 3.43. The number of nitrogens with one attached hydrogen (secondary N) is 3. The van der Waals surface area contributed by atoms with Crippen LogP contribution >= 0.6 is 11.6 Å². The van der Waals surface area contributed by atoms with Crippen LogP contribution in [0.4, 0.5) is 16.4 Å². The van der Waals surface area contributed by atoms with Gasteiger partial charge in [0.1, 0.15) is 34.6 Å². The summed E-state index contributed by atoms with van der Waals surface area (Å²) < 4.78 is 12.0. The van der Waals surface area contributed by atoms with Crippen LogP contribution in [0.5, 0.6) is 17.2 Å². The SMILES string of the molecule is O=C1CCc2c(Oc3ccc4c(c3)C3C(NC(=O)Nc5cc(Cl)ccn5)=C3O4)ccnc2N1. The highest BCUT2D eigenvalue weighted by Crippen LogP contribution is 2.56. The molecule has 9 nitrogen and oxygen atoms in total. The van der Waals surface area contributed by atoms with E-state index in [9.17, 15) is 9.59 Å². The molecule has 0 saturated carbocycles. The minimum atomic E-state index is -0.426. The number of benzene rings is 1. The maximum Gasteiger partial charge on any atom is 0.324 e. The quantitative estimate of drug-likeness (QED) is 0.532. The van der Waals surface area contributed by atoms with Gasteiger partial charge in [-0.3, -0.25) is 10.1 Å². The Hall–Kier alpha value is -4.11. The van der Waals surface area contributed by atoms with Gasteiger partial charge in [0.15, 0.2) is 0 Å². The molecule has 3 amide bonds. The molecule has 0 saturated heterocycles. The van der Waals surface area contributed by atoms with Crippen molar-refractivity contribution in [3.8, 4) is 17.2 Å². The summed E-state index contributed by atoms with van der Waals surface area (Å²) in [5, 5.41) is 8.71. The van der Waals surface area contributed by atoms with E-state index in [-0.39, 0.29) is 11.8 Å². The van der Waals surface area contributed by atoms with Crippen molar-refractivity contribution in [1.29, 1.82) is 0 Å². The number of ether oxygens (including phenoxy) is 2. The van der Waals surface area contributed by atoms with Gasteiger partial charge in [-0.2, -0.15) is 0 Å². The number of pyridine rings is 2. The zero-order valence-electron chi connectivity index (χ0n) is 17.0. The summed E-state index contributed by atoms with van der Waals surface area (Å²) in [6, 6.07) is 10.1. The summed E-state index contributed by atoms with van der Waals surface area (Å²) in [4.78, 5) is 32.2. The lowest BCUT2D eigenvalue weighted by Gasteiger charge is -2.19. The zero-order chi connectivity index (χ0) is 22.5. The predicted molar refractivity (Wildman–Crippen MR) is 120 cm³/mol. The van der Waals surface area contributed by atoms with Crippen molar-refractivity contribution in [1.82, 2.24) is 15.3 Å². The number of amides is 3. The number of anilines is 2. The second-order valence-electron chi connectivity index (χ2n) is 7.74. The van der Waals surface area contributed by atoms with Crippen LogP contribution in [0.25, 0.3) is 0 Å². The molecule has 0 bridgehead atoms. The summed E-state index contributed by atoms with van der Waals surface area (Å²) >= 11 is 5.92. The van der Waals surface area contributed by atoms with E-state index >= 15 is 0 Å². The number of hydrogen-bond acceptors (Lipinski definition) is 6. The van der Waals surface area contributed by atoms with Crippen LogP contribution in [0.2, 0.25) is 5.02 Å². The molecule has 2 aromatic heterocycles. The zero-order valence-corrected chi connectivity index (χ0v) is 17.8. The van der Waals surface area contributed by atoms with Crippen molar-refractivity contribution in [2.24, 2.45) is 0 Å². The van der Waals surface area contributed by atoms with E-state index in [1.807, 2.05) is 18.2 Å². The van der Waals surface area contributed by atoms with Gasteiger partial charge >= 0.3 is 6.03 Å². The lowest BCUT2D eigenvalue weighted by Crippen LogP contribution is -2.26. The Morgan fingerprint density at radius 1 is 1.12 bits per heavy atom. The van der Waals surface area contributed by atoms with E-state index in [0.717, 1.165) is 16.9 Å². The van der Waals surface area contributed by atoms with Crippen LogP contribution in [0.1, 0.15) is 23.5 Å².